The second-order valence-electron chi connectivity index (χ2n) is 11.3. The van der Waals surface area contributed by atoms with E-state index in [1.54, 1.807) is 27.7 Å². The Morgan fingerprint density at radius 3 is 2.26 bits per heavy atom. The molecule has 0 saturated carbocycles. The quantitative estimate of drug-likeness (QED) is 0.227. The van der Waals surface area contributed by atoms with Gasteiger partial charge in [-0.2, -0.15) is 0 Å². The number of urea groups is 1. The highest BCUT2D eigenvalue weighted by molar-refractivity contribution is 5.93. The van der Waals surface area contributed by atoms with E-state index in [4.69, 9.17) is 5.73 Å². The summed E-state index contributed by atoms with van der Waals surface area (Å²) in [4.78, 5) is 54.9. The van der Waals surface area contributed by atoms with Crippen molar-refractivity contribution in [2.45, 2.75) is 112 Å². The number of aryl methyl sites for hydroxylation is 3. The van der Waals surface area contributed by atoms with Gasteiger partial charge in [0.15, 0.2) is 11.6 Å². The first kappa shape index (κ1) is 33.2. The van der Waals surface area contributed by atoms with Gasteiger partial charge in [0.05, 0.1) is 17.6 Å². The molecule has 0 aliphatic heterocycles. The first-order valence-electron chi connectivity index (χ1n) is 13.8. The molecule has 0 bridgehead atoms. The molecule has 9 heteroatoms. The standard InChI is InChI=1S/C29H49N5O4/c1-9-11-21-16-20(6)32-22(17-21)13-14-24(35)29(7,8)34-25(18(2)3)27(37)33-23(26(36)19(4)5)12-10-15-31-28(30)38/h16-19,23,25,34H,9-15H2,1-8H3,(H,33,37)(H3,30,31,38)/t23-,25-/m0/s1. The summed E-state index contributed by atoms with van der Waals surface area (Å²) < 4.78 is 0. The van der Waals surface area contributed by atoms with Crippen molar-refractivity contribution in [1.82, 2.24) is 20.9 Å². The van der Waals surface area contributed by atoms with Crippen LogP contribution in [0.15, 0.2) is 12.1 Å². The lowest BCUT2D eigenvalue weighted by Gasteiger charge is -2.33. The zero-order valence-corrected chi connectivity index (χ0v) is 24.6. The van der Waals surface area contributed by atoms with E-state index in [-0.39, 0.29) is 29.3 Å². The number of primary amides is 1. The van der Waals surface area contributed by atoms with Crippen molar-refractivity contribution in [1.29, 1.82) is 0 Å². The fraction of sp³-hybridized carbons (Fsp3) is 0.690. The van der Waals surface area contributed by atoms with Crippen LogP contribution in [0.3, 0.4) is 0 Å². The molecular formula is C29H49N5O4. The van der Waals surface area contributed by atoms with Crippen molar-refractivity contribution in [3.8, 4) is 0 Å². The van der Waals surface area contributed by atoms with Gasteiger partial charge >= 0.3 is 6.03 Å². The van der Waals surface area contributed by atoms with Crippen LogP contribution < -0.4 is 21.7 Å². The molecular weight excluding hydrogens is 482 g/mol. The maximum atomic E-state index is 13.3. The zero-order chi connectivity index (χ0) is 29.0. The minimum absolute atomic E-state index is 0.0105. The third-order valence-electron chi connectivity index (χ3n) is 6.57. The SMILES string of the molecule is CCCc1cc(C)nc(CCC(=O)C(C)(C)N[C@H](C(=O)N[C@@H](CCCNC(N)=O)C(=O)C(C)C)C(C)C)c1. The molecule has 9 nitrogen and oxygen atoms in total. The van der Waals surface area contributed by atoms with E-state index in [2.05, 4.69) is 40.0 Å². The second kappa shape index (κ2) is 15.6. The van der Waals surface area contributed by atoms with Crippen molar-refractivity contribution in [2.24, 2.45) is 17.6 Å². The molecule has 5 N–H and O–H groups in total. The molecule has 1 rings (SSSR count). The van der Waals surface area contributed by atoms with Crippen molar-refractivity contribution >= 4 is 23.5 Å². The molecule has 0 aliphatic carbocycles. The maximum absolute atomic E-state index is 13.3. The summed E-state index contributed by atoms with van der Waals surface area (Å²) >= 11 is 0. The van der Waals surface area contributed by atoms with Gasteiger partial charge in [0.2, 0.25) is 5.91 Å². The van der Waals surface area contributed by atoms with E-state index in [0.717, 1.165) is 24.2 Å². The number of amides is 3. The number of pyridine rings is 1. The molecule has 0 saturated heterocycles. The number of ketones is 2. The number of nitrogens with zero attached hydrogens (tertiary/aromatic N) is 1. The normalized spacial score (nSPS) is 13.3. The fourth-order valence-corrected chi connectivity index (χ4v) is 4.40. The molecule has 1 aromatic rings. The number of hydrogen-bond acceptors (Lipinski definition) is 6. The monoisotopic (exact) mass is 531 g/mol. The van der Waals surface area contributed by atoms with Gasteiger partial charge in [-0.15, -0.1) is 0 Å². The number of hydrogen-bond donors (Lipinski definition) is 4. The molecule has 2 atom stereocenters. The van der Waals surface area contributed by atoms with Crippen LogP contribution in [0.4, 0.5) is 4.79 Å². The second-order valence-corrected chi connectivity index (χ2v) is 11.3. The lowest BCUT2D eigenvalue weighted by molar-refractivity contribution is -0.132. The van der Waals surface area contributed by atoms with E-state index in [1.165, 1.54) is 5.56 Å². The average Bonchev–Trinajstić information content (AvgIpc) is 2.81. The molecule has 0 aromatic carbocycles. The largest absolute Gasteiger partial charge is 0.352 e. The first-order valence-corrected chi connectivity index (χ1v) is 13.8. The van der Waals surface area contributed by atoms with Gasteiger partial charge in [0.25, 0.3) is 0 Å². The minimum atomic E-state index is -0.953. The number of carbonyl (C=O) groups is 4. The van der Waals surface area contributed by atoms with E-state index < -0.39 is 23.7 Å². The third kappa shape index (κ3) is 11.3. The predicted octanol–water partition coefficient (Wildman–Crippen LogP) is 3.40. The van der Waals surface area contributed by atoms with Gasteiger partial charge in [-0.1, -0.05) is 41.0 Å². The van der Waals surface area contributed by atoms with Gasteiger partial charge in [0.1, 0.15) is 0 Å². The van der Waals surface area contributed by atoms with Crippen molar-refractivity contribution in [2.75, 3.05) is 6.54 Å². The maximum Gasteiger partial charge on any atom is 0.312 e. The average molecular weight is 532 g/mol. The molecule has 38 heavy (non-hydrogen) atoms. The van der Waals surface area contributed by atoms with Crippen molar-refractivity contribution in [3.05, 3.63) is 29.1 Å². The summed E-state index contributed by atoms with van der Waals surface area (Å²) in [6.45, 7) is 15.4. The van der Waals surface area contributed by atoms with Gasteiger partial charge in [-0.25, -0.2) is 4.79 Å². The Labute approximate surface area is 228 Å². The number of carbonyl (C=O) groups excluding carboxylic acids is 4. The smallest absolute Gasteiger partial charge is 0.312 e. The Bertz CT molecular complexity index is 958. The van der Waals surface area contributed by atoms with Crippen LogP contribution in [-0.4, -0.2) is 52.7 Å². The number of Topliss-reactive ketones (excluding diaryl/α,β-unsaturated/α-hetero) is 2. The van der Waals surface area contributed by atoms with Crippen molar-refractivity contribution < 1.29 is 19.2 Å². The summed E-state index contributed by atoms with van der Waals surface area (Å²) in [5.41, 5.74) is 7.23. The topological polar surface area (TPSA) is 143 Å². The molecule has 0 unspecified atom stereocenters. The summed E-state index contributed by atoms with van der Waals surface area (Å²) in [5, 5.41) is 8.66. The van der Waals surface area contributed by atoms with Crippen LogP contribution in [-0.2, 0) is 27.2 Å². The summed E-state index contributed by atoms with van der Waals surface area (Å²) in [6, 6.07) is 2.16. The van der Waals surface area contributed by atoms with E-state index >= 15 is 0 Å². The fourth-order valence-electron chi connectivity index (χ4n) is 4.40. The first-order chi connectivity index (χ1) is 17.7. The van der Waals surface area contributed by atoms with Gasteiger partial charge < -0.3 is 16.4 Å². The highest BCUT2D eigenvalue weighted by Gasteiger charge is 2.35. The van der Waals surface area contributed by atoms with Gasteiger partial charge in [-0.05, 0) is 70.1 Å². The van der Waals surface area contributed by atoms with Crippen LogP contribution >= 0.6 is 0 Å². The number of rotatable bonds is 17. The molecule has 0 radical (unpaired) electrons. The highest BCUT2D eigenvalue weighted by Crippen LogP contribution is 2.17. The Morgan fingerprint density at radius 2 is 1.71 bits per heavy atom. The summed E-state index contributed by atoms with van der Waals surface area (Å²) in [6.07, 6.45) is 3.72. The van der Waals surface area contributed by atoms with E-state index in [9.17, 15) is 19.2 Å². The molecule has 3 amide bonds. The molecule has 214 valence electrons. The zero-order valence-electron chi connectivity index (χ0n) is 24.6. The molecule has 0 spiro atoms. The number of nitrogens with two attached hydrogens (primary N) is 1. The molecule has 1 heterocycles. The number of aromatic nitrogens is 1. The Kier molecular flexibility index (Phi) is 13.6. The Morgan fingerprint density at radius 1 is 1.05 bits per heavy atom. The van der Waals surface area contributed by atoms with Gasteiger partial charge in [0, 0.05) is 30.3 Å². The van der Waals surface area contributed by atoms with Crippen LogP contribution in [0, 0.1) is 18.8 Å². The van der Waals surface area contributed by atoms with Crippen LogP contribution in [0.25, 0.3) is 0 Å². The lowest BCUT2D eigenvalue weighted by Crippen LogP contribution is -2.60. The predicted molar refractivity (Wildman–Crippen MR) is 151 cm³/mol. The van der Waals surface area contributed by atoms with Crippen LogP contribution in [0.1, 0.15) is 91.1 Å². The van der Waals surface area contributed by atoms with Gasteiger partial charge in [-0.3, -0.25) is 24.7 Å². The lowest BCUT2D eigenvalue weighted by atomic mass is 9.90. The highest BCUT2D eigenvalue weighted by atomic mass is 16.2. The third-order valence-corrected chi connectivity index (χ3v) is 6.57. The van der Waals surface area contributed by atoms with E-state index in [0.29, 0.717) is 32.2 Å². The van der Waals surface area contributed by atoms with Crippen LogP contribution in [0.2, 0.25) is 0 Å². The molecule has 0 fully saturated rings. The van der Waals surface area contributed by atoms with Crippen LogP contribution in [0.5, 0.6) is 0 Å². The Balaban J connectivity index is 2.90. The minimum Gasteiger partial charge on any atom is -0.352 e. The van der Waals surface area contributed by atoms with E-state index in [1.807, 2.05) is 20.8 Å². The summed E-state index contributed by atoms with van der Waals surface area (Å²) in [5.74, 6) is -0.802. The van der Waals surface area contributed by atoms with Crippen molar-refractivity contribution in [3.63, 3.8) is 0 Å². The Hall–Kier alpha value is -2.81. The summed E-state index contributed by atoms with van der Waals surface area (Å²) in [7, 11) is 0. The number of nitrogens with one attached hydrogen (secondary N) is 3. The molecule has 1 aromatic heterocycles. The molecule has 0 aliphatic rings.